The van der Waals surface area contributed by atoms with Crippen molar-refractivity contribution in [1.82, 2.24) is 4.57 Å². The van der Waals surface area contributed by atoms with Crippen LogP contribution in [0.15, 0.2) is 83.2 Å². The molecule has 1 aliphatic rings. The molecule has 44 heavy (non-hydrogen) atoms. The zero-order valence-corrected chi connectivity index (χ0v) is 24.5. The van der Waals surface area contributed by atoms with Crippen molar-refractivity contribution in [3.05, 3.63) is 119 Å². The number of rotatable bonds is 8. The summed E-state index contributed by atoms with van der Waals surface area (Å²) in [5.74, 6) is -1.63. The molecule has 5 rings (SSSR count). The maximum Gasteiger partial charge on any atom is 0.338 e. The molecule has 0 radical (unpaired) electrons. The molecule has 1 aliphatic heterocycles. The van der Waals surface area contributed by atoms with Gasteiger partial charge in [-0.1, -0.05) is 30.3 Å². The Balaban J connectivity index is 1.80. The first-order chi connectivity index (χ1) is 21.2. The third kappa shape index (κ3) is 5.55. The summed E-state index contributed by atoms with van der Waals surface area (Å²) in [5.41, 5.74) is 6.98. The van der Waals surface area contributed by atoms with Gasteiger partial charge in [0.15, 0.2) is 0 Å². The average Bonchev–Trinajstić information content (AvgIpc) is 3.36. The van der Waals surface area contributed by atoms with E-state index in [2.05, 4.69) is 5.32 Å². The summed E-state index contributed by atoms with van der Waals surface area (Å²) >= 11 is 1.02. The molecular weight excluding hydrogens is 588 g/mol. The third-order valence-electron chi connectivity index (χ3n) is 6.98. The lowest BCUT2D eigenvalue weighted by atomic mass is 9.82. The van der Waals surface area contributed by atoms with Crippen molar-refractivity contribution in [1.29, 1.82) is 0 Å². The highest BCUT2D eigenvalue weighted by Gasteiger charge is 2.39. The standard InChI is InChI=1S/C31H26N4O8S/c1-41-21-11-7-17(8-12-21)15-23-29(37)34-27(32)25(31(38)43-3)24(18-9-13-22(42-2)14-10-18)26(30(34)44-23)28(36)33-19-5-4-6-20(16-19)35(39)40/h4-16,24H,32H2,1-3H3,(H,33,36)/b23-15+. The summed E-state index contributed by atoms with van der Waals surface area (Å²) in [6.07, 6.45) is 1.64. The van der Waals surface area contributed by atoms with E-state index in [-0.39, 0.29) is 37.5 Å². The zero-order chi connectivity index (χ0) is 31.5. The smallest absolute Gasteiger partial charge is 0.338 e. The van der Waals surface area contributed by atoms with Crippen molar-refractivity contribution < 1.29 is 28.7 Å². The van der Waals surface area contributed by atoms with Crippen molar-refractivity contribution in [2.24, 2.45) is 5.73 Å². The molecular formula is C31H26N4O8S. The van der Waals surface area contributed by atoms with Gasteiger partial charge in [-0.15, -0.1) is 11.3 Å². The van der Waals surface area contributed by atoms with E-state index in [1.807, 2.05) is 0 Å². The van der Waals surface area contributed by atoms with Crippen molar-refractivity contribution in [3.63, 3.8) is 0 Å². The highest BCUT2D eigenvalue weighted by atomic mass is 32.1. The highest BCUT2D eigenvalue weighted by Crippen LogP contribution is 2.38. The van der Waals surface area contributed by atoms with Gasteiger partial charge in [0.2, 0.25) is 0 Å². The van der Waals surface area contributed by atoms with E-state index in [0.29, 0.717) is 22.6 Å². The van der Waals surface area contributed by atoms with Crippen molar-refractivity contribution in [2.45, 2.75) is 5.92 Å². The molecule has 0 saturated carbocycles. The molecule has 2 heterocycles. The Hall–Kier alpha value is -5.69. The van der Waals surface area contributed by atoms with Gasteiger partial charge in [0.1, 0.15) is 22.0 Å². The van der Waals surface area contributed by atoms with Crippen LogP contribution in [0.1, 0.15) is 17.0 Å². The van der Waals surface area contributed by atoms with Crippen molar-refractivity contribution in [2.75, 3.05) is 26.6 Å². The average molecular weight is 615 g/mol. The van der Waals surface area contributed by atoms with E-state index in [1.165, 1.54) is 38.5 Å². The number of fused-ring (bicyclic) bond motifs is 1. The number of esters is 1. The number of nitro groups is 1. The molecule has 0 aliphatic carbocycles. The van der Waals surface area contributed by atoms with Crippen molar-refractivity contribution >= 4 is 52.1 Å². The van der Waals surface area contributed by atoms with Crippen LogP contribution in [-0.2, 0) is 14.3 Å². The Bertz CT molecular complexity index is 1990. The van der Waals surface area contributed by atoms with Gasteiger partial charge < -0.3 is 25.3 Å². The van der Waals surface area contributed by atoms with Crippen LogP contribution in [0.2, 0.25) is 0 Å². The molecule has 0 fully saturated rings. The molecule has 3 N–H and O–H groups in total. The number of nitrogens with zero attached hydrogens (tertiary/aromatic N) is 2. The minimum atomic E-state index is -1.07. The van der Waals surface area contributed by atoms with Gasteiger partial charge in [0, 0.05) is 17.8 Å². The predicted octanol–water partition coefficient (Wildman–Crippen LogP) is 2.55. The van der Waals surface area contributed by atoms with Crippen LogP contribution in [0, 0.1) is 10.1 Å². The van der Waals surface area contributed by atoms with E-state index in [1.54, 1.807) is 61.7 Å². The molecule has 3 aromatic carbocycles. The maximum absolute atomic E-state index is 14.1. The largest absolute Gasteiger partial charge is 0.497 e. The lowest BCUT2D eigenvalue weighted by Crippen LogP contribution is -2.42. The Morgan fingerprint density at radius 1 is 0.977 bits per heavy atom. The van der Waals surface area contributed by atoms with Gasteiger partial charge in [0.25, 0.3) is 17.2 Å². The molecule has 1 amide bonds. The molecule has 1 atom stereocenters. The number of ether oxygens (including phenoxy) is 3. The Morgan fingerprint density at radius 3 is 2.20 bits per heavy atom. The monoisotopic (exact) mass is 614 g/mol. The fraction of sp³-hybridized carbons (Fsp3) is 0.129. The number of nitrogens with one attached hydrogen (secondary N) is 1. The summed E-state index contributed by atoms with van der Waals surface area (Å²) in [7, 11) is 4.22. The first kappa shape index (κ1) is 29.8. The number of anilines is 1. The van der Waals surface area contributed by atoms with Crippen LogP contribution >= 0.6 is 11.3 Å². The summed E-state index contributed by atoms with van der Waals surface area (Å²) in [6.45, 7) is 0. The summed E-state index contributed by atoms with van der Waals surface area (Å²) < 4.78 is 17.1. The number of amides is 1. The van der Waals surface area contributed by atoms with Gasteiger partial charge >= 0.3 is 5.97 Å². The molecule has 0 saturated heterocycles. The third-order valence-corrected chi connectivity index (χ3v) is 8.08. The second kappa shape index (κ2) is 12.3. The first-order valence-corrected chi connectivity index (χ1v) is 13.9. The fourth-order valence-electron chi connectivity index (χ4n) is 4.85. The Kier molecular flexibility index (Phi) is 8.31. The molecule has 13 heteroatoms. The van der Waals surface area contributed by atoms with Gasteiger partial charge in [-0.25, -0.2) is 4.79 Å². The number of aromatic nitrogens is 1. The summed E-state index contributed by atoms with van der Waals surface area (Å²) in [4.78, 5) is 52.0. The number of non-ortho nitro benzene ring substituents is 1. The summed E-state index contributed by atoms with van der Waals surface area (Å²) in [5, 5.41) is 14.1. The quantitative estimate of drug-likeness (QED) is 0.172. The van der Waals surface area contributed by atoms with Gasteiger partial charge in [-0.3, -0.25) is 24.3 Å². The van der Waals surface area contributed by atoms with Crippen LogP contribution in [-0.4, -0.2) is 42.7 Å². The molecule has 12 nitrogen and oxygen atoms in total. The number of methoxy groups -OCH3 is 3. The minimum absolute atomic E-state index is 0.0211. The molecule has 1 aromatic heterocycles. The van der Waals surface area contributed by atoms with Gasteiger partial charge in [0.05, 0.1) is 47.8 Å². The SMILES string of the molecule is COC(=O)C1=C(N)n2c(s/c(=C/c3ccc(OC)cc3)c2=O)=C(C(=O)Nc2cccc([N+](=O)[O-])c2)C1c1ccc(OC)cc1. The zero-order valence-electron chi connectivity index (χ0n) is 23.7. The number of hydrogen-bond acceptors (Lipinski definition) is 10. The van der Waals surface area contributed by atoms with Crippen LogP contribution < -0.4 is 35.3 Å². The number of nitrogens with two attached hydrogens (primary N) is 1. The Labute approximate surface area is 254 Å². The van der Waals surface area contributed by atoms with E-state index in [0.717, 1.165) is 15.9 Å². The minimum Gasteiger partial charge on any atom is -0.497 e. The fourth-order valence-corrected chi connectivity index (χ4v) is 6.03. The highest BCUT2D eigenvalue weighted by molar-refractivity contribution is 7.07. The first-order valence-electron chi connectivity index (χ1n) is 13.1. The van der Waals surface area contributed by atoms with Crippen LogP contribution in [0.25, 0.3) is 17.5 Å². The van der Waals surface area contributed by atoms with Gasteiger partial charge in [-0.2, -0.15) is 0 Å². The number of carbonyl (C=O) groups excluding carboxylic acids is 2. The molecule has 4 aromatic rings. The molecule has 0 bridgehead atoms. The summed E-state index contributed by atoms with van der Waals surface area (Å²) in [6, 6.07) is 19.1. The number of carbonyl (C=O) groups is 2. The van der Waals surface area contributed by atoms with E-state index in [9.17, 15) is 24.5 Å². The lowest BCUT2D eigenvalue weighted by molar-refractivity contribution is -0.384. The second-order valence-corrected chi connectivity index (χ2v) is 10.5. The van der Waals surface area contributed by atoms with E-state index >= 15 is 0 Å². The number of nitro benzene ring substituents is 1. The molecule has 1 unspecified atom stereocenters. The van der Waals surface area contributed by atoms with Gasteiger partial charge in [-0.05, 0) is 47.5 Å². The van der Waals surface area contributed by atoms with Crippen LogP contribution in [0.4, 0.5) is 11.4 Å². The number of hydrogen-bond donors (Lipinski definition) is 2. The molecule has 0 spiro atoms. The number of thiazole rings is 1. The topological polar surface area (TPSA) is 165 Å². The predicted molar refractivity (Wildman–Crippen MR) is 165 cm³/mol. The maximum atomic E-state index is 14.1. The van der Waals surface area contributed by atoms with E-state index in [4.69, 9.17) is 19.9 Å². The van der Waals surface area contributed by atoms with Crippen LogP contribution in [0.3, 0.4) is 0 Å². The molecule has 224 valence electrons. The van der Waals surface area contributed by atoms with Crippen LogP contribution in [0.5, 0.6) is 11.5 Å². The Morgan fingerprint density at radius 2 is 1.61 bits per heavy atom. The second-order valence-electron chi connectivity index (χ2n) is 9.50. The van der Waals surface area contributed by atoms with Crippen molar-refractivity contribution in [3.8, 4) is 11.5 Å². The number of benzene rings is 3. The normalized spacial score (nSPS) is 14.6. The van der Waals surface area contributed by atoms with E-state index < -0.39 is 28.3 Å². The lowest BCUT2D eigenvalue weighted by Gasteiger charge is -2.27.